The largest absolute Gasteiger partial charge is 0.481 e. The maximum Gasteiger partial charge on any atom is 0.305 e. The summed E-state index contributed by atoms with van der Waals surface area (Å²) in [5.74, 6) is -1.07. The molecule has 4 N–H and O–H groups in total. The first-order valence-corrected chi connectivity index (χ1v) is 6.89. The summed E-state index contributed by atoms with van der Waals surface area (Å²) in [6, 6.07) is 7.32. The molecule has 1 amide bonds. The molecule has 1 aromatic rings. The van der Waals surface area contributed by atoms with Crippen LogP contribution >= 0.6 is 0 Å². The molecule has 20 heavy (non-hydrogen) atoms. The molecule has 5 nitrogen and oxygen atoms in total. The highest BCUT2D eigenvalue weighted by molar-refractivity contribution is 5.96. The number of aliphatic carboxylic acids is 1. The number of hydrogen-bond donors (Lipinski definition) is 3. The summed E-state index contributed by atoms with van der Waals surface area (Å²) in [7, 11) is 0. The highest BCUT2D eigenvalue weighted by Gasteiger charge is 2.40. The van der Waals surface area contributed by atoms with Crippen LogP contribution in [0, 0.1) is 0 Å². The molecule has 0 atom stereocenters. The van der Waals surface area contributed by atoms with Crippen molar-refractivity contribution in [3.05, 3.63) is 35.4 Å². The van der Waals surface area contributed by atoms with E-state index >= 15 is 0 Å². The Bertz CT molecular complexity index is 510. The van der Waals surface area contributed by atoms with E-state index in [1.54, 1.807) is 12.1 Å². The van der Waals surface area contributed by atoms with E-state index in [4.69, 9.17) is 10.8 Å². The molecule has 1 fully saturated rings. The number of nitrogens with one attached hydrogen (secondary N) is 1. The van der Waals surface area contributed by atoms with Crippen LogP contribution in [0.2, 0.25) is 0 Å². The van der Waals surface area contributed by atoms with Gasteiger partial charge in [0.15, 0.2) is 0 Å². The summed E-state index contributed by atoms with van der Waals surface area (Å²) in [5, 5.41) is 11.9. The molecule has 0 radical (unpaired) electrons. The van der Waals surface area contributed by atoms with Crippen LogP contribution in [0.3, 0.4) is 0 Å². The third-order valence-corrected chi connectivity index (χ3v) is 3.85. The van der Waals surface area contributed by atoms with Crippen LogP contribution in [0.5, 0.6) is 0 Å². The lowest BCUT2D eigenvalue weighted by Gasteiger charge is -2.41. The van der Waals surface area contributed by atoms with Crippen molar-refractivity contribution in [1.29, 1.82) is 0 Å². The Morgan fingerprint density at radius 2 is 2.00 bits per heavy atom. The lowest BCUT2D eigenvalue weighted by atomic mass is 9.74. The number of carbonyl (C=O) groups is 2. The van der Waals surface area contributed by atoms with Gasteiger partial charge in [-0.05, 0) is 43.9 Å². The number of nitrogens with two attached hydrogens (primary N) is 1. The fourth-order valence-corrected chi connectivity index (χ4v) is 2.66. The number of carboxylic acids is 1. The van der Waals surface area contributed by atoms with Gasteiger partial charge in [0.05, 0.1) is 12.0 Å². The number of rotatable bonds is 6. The highest BCUT2D eigenvalue weighted by atomic mass is 16.4. The van der Waals surface area contributed by atoms with Gasteiger partial charge in [-0.3, -0.25) is 9.59 Å². The molecule has 0 aliphatic heterocycles. The van der Waals surface area contributed by atoms with Crippen molar-refractivity contribution in [2.24, 2.45) is 5.73 Å². The molecular weight excluding hydrogens is 256 g/mol. The zero-order chi connectivity index (χ0) is 14.6. The van der Waals surface area contributed by atoms with E-state index in [-0.39, 0.29) is 12.3 Å². The molecule has 1 aliphatic carbocycles. The minimum Gasteiger partial charge on any atom is -0.481 e. The first kappa shape index (κ1) is 14.5. The molecule has 5 heteroatoms. The second kappa shape index (κ2) is 6.05. The Morgan fingerprint density at radius 1 is 1.30 bits per heavy atom. The van der Waals surface area contributed by atoms with Gasteiger partial charge < -0.3 is 16.2 Å². The van der Waals surface area contributed by atoms with Gasteiger partial charge in [0.1, 0.15) is 0 Å². The van der Waals surface area contributed by atoms with Crippen LogP contribution in [-0.4, -0.2) is 29.1 Å². The van der Waals surface area contributed by atoms with Crippen molar-refractivity contribution < 1.29 is 14.7 Å². The monoisotopic (exact) mass is 276 g/mol. The first-order chi connectivity index (χ1) is 9.56. The van der Waals surface area contributed by atoms with Crippen LogP contribution in [0.25, 0.3) is 0 Å². The third kappa shape index (κ3) is 3.17. The fourth-order valence-electron chi connectivity index (χ4n) is 2.66. The Morgan fingerprint density at radius 3 is 2.55 bits per heavy atom. The molecule has 0 heterocycles. The van der Waals surface area contributed by atoms with Crippen molar-refractivity contribution in [3.63, 3.8) is 0 Å². The Labute approximate surface area is 118 Å². The molecule has 0 unspecified atom stereocenters. The molecule has 1 aromatic carbocycles. The van der Waals surface area contributed by atoms with E-state index in [0.29, 0.717) is 18.5 Å². The van der Waals surface area contributed by atoms with Crippen LogP contribution < -0.4 is 11.1 Å². The second-order valence-corrected chi connectivity index (χ2v) is 5.35. The van der Waals surface area contributed by atoms with Gasteiger partial charge in [-0.25, -0.2) is 0 Å². The van der Waals surface area contributed by atoms with Gasteiger partial charge in [0.25, 0.3) is 5.91 Å². The van der Waals surface area contributed by atoms with Gasteiger partial charge in [0, 0.05) is 5.56 Å². The summed E-state index contributed by atoms with van der Waals surface area (Å²) in [5.41, 5.74) is 6.47. The summed E-state index contributed by atoms with van der Waals surface area (Å²) < 4.78 is 0. The van der Waals surface area contributed by atoms with E-state index in [1.165, 1.54) is 0 Å². The van der Waals surface area contributed by atoms with Crippen molar-refractivity contribution in [2.75, 3.05) is 6.54 Å². The molecule has 0 bridgehead atoms. The number of amides is 1. The van der Waals surface area contributed by atoms with E-state index in [0.717, 1.165) is 24.8 Å². The molecule has 2 rings (SSSR count). The molecular formula is C15H20N2O3. The van der Waals surface area contributed by atoms with Crippen LogP contribution in [0.1, 0.15) is 41.6 Å². The highest BCUT2D eigenvalue weighted by Crippen LogP contribution is 2.35. The standard InChI is InChI=1S/C15H20N2O3/c16-9-6-11-4-1-2-5-12(11)14(20)17-15(7-3-8-15)10-13(18)19/h1-2,4-5H,3,6-10,16H2,(H,17,20)(H,18,19). The van der Waals surface area contributed by atoms with Crippen LogP contribution in [0.15, 0.2) is 24.3 Å². The molecule has 108 valence electrons. The number of hydrogen-bond acceptors (Lipinski definition) is 3. The normalized spacial score (nSPS) is 16.2. The van der Waals surface area contributed by atoms with Gasteiger partial charge >= 0.3 is 5.97 Å². The van der Waals surface area contributed by atoms with Crippen molar-refractivity contribution in [2.45, 2.75) is 37.6 Å². The Kier molecular flexibility index (Phi) is 4.39. The molecule has 0 spiro atoms. The quantitative estimate of drug-likeness (QED) is 0.730. The van der Waals surface area contributed by atoms with E-state index in [1.807, 2.05) is 12.1 Å². The molecule has 1 saturated carbocycles. The summed E-state index contributed by atoms with van der Waals surface area (Å²) in [6.45, 7) is 0.477. The fraction of sp³-hybridized carbons (Fsp3) is 0.467. The van der Waals surface area contributed by atoms with Crippen molar-refractivity contribution >= 4 is 11.9 Å². The first-order valence-electron chi connectivity index (χ1n) is 6.89. The maximum atomic E-state index is 12.4. The summed E-state index contributed by atoms with van der Waals surface area (Å²) in [4.78, 5) is 23.3. The van der Waals surface area contributed by atoms with E-state index in [9.17, 15) is 9.59 Å². The van der Waals surface area contributed by atoms with Gasteiger partial charge in [0.2, 0.25) is 0 Å². The Balaban J connectivity index is 2.13. The number of carbonyl (C=O) groups excluding carboxylic acids is 1. The molecule has 1 aliphatic rings. The average Bonchev–Trinajstić information content (AvgIpc) is 2.36. The minimum absolute atomic E-state index is 0.0161. The lowest BCUT2D eigenvalue weighted by molar-refractivity contribution is -0.139. The van der Waals surface area contributed by atoms with Crippen molar-refractivity contribution in [1.82, 2.24) is 5.32 Å². The number of carboxylic acid groups (broad SMARTS) is 1. The summed E-state index contributed by atoms with van der Waals surface area (Å²) >= 11 is 0. The number of benzene rings is 1. The van der Waals surface area contributed by atoms with Crippen LogP contribution in [-0.2, 0) is 11.2 Å². The van der Waals surface area contributed by atoms with E-state index < -0.39 is 11.5 Å². The second-order valence-electron chi connectivity index (χ2n) is 5.35. The predicted octanol–water partition coefficient (Wildman–Crippen LogP) is 1.31. The van der Waals surface area contributed by atoms with Gasteiger partial charge in [-0.15, -0.1) is 0 Å². The van der Waals surface area contributed by atoms with Gasteiger partial charge in [-0.1, -0.05) is 18.2 Å². The minimum atomic E-state index is -0.875. The van der Waals surface area contributed by atoms with Gasteiger partial charge in [-0.2, -0.15) is 0 Å². The zero-order valence-corrected chi connectivity index (χ0v) is 11.4. The lowest BCUT2D eigenvalue weighted by Crippen LogP contribution is -2.54. The van der Waals surface area contributed by atoms with Crippen molar-refractivity contribution in [3.8, 4) is 0 Å². The average molecular weight is 276 g/mol. The maximum absolute atomic E-state index is 12.4. The Hall–Kier alpha value is -1.88. The topological polar surface area (TPSA) is 92.4 Å². The summed E-state index contributed by atoms with van der Waals surface area (Å²) in [6.07, 6.45) is 3.03. The molecule has 0 aromatic heterocycles. The smallest absolute Gasteiger partial charge is 0.305 e. The zero-order valence-electron chi connectivity index (χ0n) is 11.4. The predicted molar refractivity (Wildman–Crippen MR) is 75.5 cm³/mol. The van der Waals surface area contributed by atoms with Crippen LogP contribution in [0.4, 0.5) is 0 Å². The van der Waals surface area contributed by atoms with E-state index in [2.05, 4.69) is 5.32 Å². The SMILES string of the molecule is NCCc1ccccc1C(=O)NC1(CC(=O)O)CCC1. The molecule has 0 saturated heterocycles. The third-order valence-electron chi connectivity index (χ3n) is 3.85.